The van der Waals surface area contributed by atoms with Crippen LogP contribution < -0.4 is 20.9 Å². The molecular weight excluding hydrogens is 494 g/mol. The van der Waals surface area contributed by atoms with Gasteiger partial charge < -0.3 is 15.4 Å². The molecule has 0 spiro atoms. The van der Waals surface area contributed by atoms with E-state index in [9.17, 15) is 23.2 Å². The Morgan fingerprint density at radius 2 is 1.87 bits per heavy atom. The summed E-state index contributed by atoms with van der Waals surface area (Å²) >= 11 is 0. The summed E-state index contributed by atoms with van der Waals surface area (Å²) in [5, 5.41) is 5.60. The predicted octanol–water partition coefficient (Wildman–Crippen LogP) is 3.61. The zero-order valence-electron chi connectivity index (χ0n) is 20.0. The van der Waals surface area contributed by atoms with Crippen molar-refractivity contribution in [3.05, 3.63) is 123 Å². The van der Waals surface area contributed by atoms with Gasteiger partial charge in [0.05, 0.1) is 25.3 Å². The summed E-state index contributed by atoms with van der Waals surface area (Å²) in [5.74, 6) is -2.24. The third kappa shape index (κ3) is 5.44. The van der Waals surface area contributed by atoms with Crippen LogP contribution >= 0.6 is 0 Å². The minimum Gasteiger partial charge on any atom is -0.491 e. The predicted molar refractivity (Wildman–Crippen MR) is 135 cm³/mol. The molecule has 2 heterocycles. The average molecular weight is 517 g/mol. The van der Waals surface area contributed by atoms with E-state index < -0.39 is 29.1 Å². The Morgan fingerprint density at radius 1 is 1.05 bits per heavy atom. The van der Waals surface area contributed by atoms with E-state index in [1.807, 2.05) is 30.3 Å². The molecule has 0 fully saturated rings. The van der Waals surface area contributed by atoms with Crippen LogP contribution in [0, 0.1) is 11.6 Å². The number of anilines is 1. The van der Waals surface area contributed by atoms with E-state index >= 15 is 0 Å². The number of fused-ring (bicyclic) bond motifs is 1. The number of aromatic nitrogens is 2. The van der Waals surface area contributed by atoms with Crippen molar-refractivity contribution in [2.24, 2.45) is 0 Å². The van der Waals surface area contributed by atoms with Gasteiger partial charge >= 0.3 is 0 Å². The molecule has 2 amide bonds. The molecular formula is C28H22F2N4O4. The molecule has 8 nitrogen and oxygen atoms in total. The number of halogens is 2. The first-order valence-electron chi connectivity index (χ1n) is 11.8. The van der Waals surface area contributed by atoms with Crippen LogP contribution in [0.1, 0.15) is 33.1 Å². The zero-order valence-corrected chi connectivity index (χ0v) is 20.0. The third-order valence-electron chi connectivity index (χ3n) is 6.11. The van der Waals surface area contributed by atoms with Crippen molar-refractivity contribution in [3.8, 4) is 5.75 Å². The van der Waals surface area contributed by atoms with Gasteiger partial charge in [-0.25, -0.2) is 13.8 Å². The van der Waals surface area contributed by atoms with Crippen LogP contribution in [-0.2, 0) is 17.8 Å². The topological polar surface area (TPSA) is 102 Å². The van der Waals surface area contributed by atoms with Gasteiger partial charge in [0.2, 0.25) is 5.91 Å². The van der Waals surface area contributed by atoms with Gasteiger partial charge in [-0.15, -0.1) is 0 Å². The summed E-state index contributed by atoms with van der Waals surface area (Å²) in [4.78, 5) is 41.8. The molecule has 0 bridgehead atoms. The number of ether oxygens (including phenoxy) is 1. The Labute approximate surface area is 215 Å². The maximum atomic E-state index is 13.6. The van der Waals surface area contributed by atoms with Gasteiger partial charge in [0.1, 0.15) is 17.9 Å². The molecule has 0 unspecified atom stereocenters. The molecule has 0 radical (unpaired) electrons. The number of carbonyl (C=O) groups is 2. The first-order chi connectivity index (χ1) is 18.4. The molecule has 2 N–H and O–H groups in total. The van der Waals surface area contributed by atoms with Crippen molar-refractivity contribution in [3.63, 3.8) is 0 Å². The number of rotatable bonds is 8. The van der Waals surface area contributed by atoms with E-state index in [2.05, 4.69) is 15.6 Å². The fourth-order valence-corrected chi connectivity index (χ4v) is 4.17. The number of hydrogen-bond acceptors (Lipinski definition) is 5. The van der Waals surface area contributed by atoms with Crippen LogP contribution in [0.3, 0.4) is 0 Å². The van der Waals surface area contributed by atoms with Gasteiger partial charge in [0.25, 0.3) is 11.5 Å². The lowest BCUT2D eigenvalue weighted by Crippen LogP contribution is -2.37. The first-order valence-corrected chi connectivity index (χ1v) is 11.8. The highest BCUT2D eigenvalue weighted by atomic mass is 19.2. The molecule has 38 heavy (non-hydrogen) atoms. The molecule has 192 valence electrons. The highest BCUT2D eigenvalue weighted by Crippen LogP contribution is 2.28. The minimum atomic E-state index is -1.03. The summed E-state index contributed by atoms with van der Waals surface area (Å²) in [7, 11) is 0. The van der Waals surface area contributed by atoms with E-state index in [0.29, 0.717) is 11.3 Å². The maximum absolute atomic E-state index is 13.6. The largest absolute Gasteiger partial charge is 0.491 e. The fraction of sp³-hybridized carbons (Fsp3) is 0.143. The second-order valence-electron chi connectivity index (χ2n) is 8.78. The van der Waals surface area contributed by atoms with Gasteiger partial charge in [0, 0.05) is 11.9 Å². The Kier molecular flexibility index (Phi) is 6.94. The van der Waals surface area contributed by atoms with E-state index in [0.717, 1.165) is 39.7 Å². The smallest absolute Gasteiger partial charge is 0.266 e. The second-order valence-corrected chi connectivity index (χ2v) is 8.78. The number of benzene rings is 3. The summed E-state index contributed by atoms with van der Waals surface area (Å²) in [5.41, 5.74) is 1.82. The van der Waals surface area contributed by atoms with Gasteiger partial charge in [0.15, 0.2) is 11.6 Å². The van der Waals surface area contributed by atoms with Crippen molar-refractivity contribution < 1.29 is 23.1 Å². The summed E-state index contributed by atoms with van der Waals surface area (Å²) in [6, 6.07) is 17.1. The Balaban J connectivity index is 1.34. The molecule has 0 aliphatic carbocycles. The standard InChI is InChI=1S/C28H22F2N4O4/c29-22-8-6-17(10-23(22)30)14-34-16-31-13-21(28(34)37)27(36)33-25(18-4-2-1-3-5-18)15-38-20-7-9-24-19(11-20)12-26(35)32-24/h1-11,13,16,25H,12,14-15H2,(H,32,35)(H,33,36)/t25-/m0/s1. The van der Waals surface area contributed by atoms with Gasteiger partial charge in [-0.2, -0.15) is 0 Å². The first kappa shape index (κ1) is 24.8. The summed E-state index contributed by atoms with van der Waals surface area (Å²) in [6.45, 7) is -0.0374. The highest BCUT2D eigenvalue weighted by Gasteiger charge is 2.21. The maximum Gasteiger partial charge on any atom is 0.266 e. The molecule has 1 aromatic heterocycles. The Morgan fingerprint density at radius 3 is 2.66 bits per heavy atom. The van der Waals surface area contributed by atoms with Crippen LogP contribution in [0.2, 0.25) is 0 Å². The van der Waals surface area contributed by atoms with Crippen molar-refractivity contribution >= 4 is 17.5 Å². The van der Waals surface area contributed by atoms with Gasteiger partial charge in [-0.05, 0) is 47.0 Å². The average Bonchev–Trinajstić information content (AvgIpc) is 3.29. The lowest BCUT2D eigenvalue weighted by Gasteiger charge is -2.20. The Bertz CT molecular complexity index is 1570. The normalized spacial score (nSPS) is 12.9. The van der Waals surface area contributed by atoms with E-state index in [1.165, 1.54) is 12.4 Å². The van der Waals surface area contributed by atoms with Gasteiger partial charge in [-0.1, -0.05) is 36.4 Å². The third-order valence-corrected chi connectivity index (χ3v) is 6.11. The van der Waals surface area contributed by atoms with E-state index in [-0.39, 0.29) is 31.0 Å². The number of hydrogen-bond donors (Lipinski definition) is 2. The van der Waals surface area contributed by atoms with Crippen molar-refractivity contribution in [1.82, 2.24) is 14.9 Å². The highest BCUT2D eigenvalue weighted by molar-refractivity contribution is 5.99. The lowest BCUT2D eigenvalue weighted by molar-refractivity contribution is -0.115. The molecule has 0 saturated heterocycles. The van der Waals surface area contributed by atoms with Crippen molar-refractivity contribution in [1.29, 1.82) is 0 Å². The number of nitrogens with zero attached hydrogens (tertiary/aromatic N) is 2. The monoisotopic (exact) mass is 516 g/mol. The quantitative estimate of drug-likeness (QED) is 0.373. The van der Waals surface area contributed by atoms with Crippen LogP contribution in [0.4, 0.5) is 14.5 Å². The van der Waals surface area contributed by atoms with Crippen LogP contribution in [-0.4, -0.2) is 28.0 Å². The van der Waals surface area contributed by atoms with Crippen molar-refractivity contribution in [2.45, 2.75) is 19.0 Å². The molecule has 5 rings (SSSR count). The second kappa shape index (κ2) is 10.6. The number of amides is 2. The molecule has 3 aromatic carbocycles. The molecule has 10 heteroatoms. The molecule has 1 aliphatic rings. The zero-order chi connectivity index (χ0) is 26.6. The summed E-state index contributed by atoms with van der Waals surface area (Å²) < 4.78 is 34.0. The van der Waals surface area contributed by atoms with Crippen molar-refractivity contribution in [2.75, 3.05) is 11.9 Å². The molecule has 4 aromatic rings. The lowest BCUT2D eigenvalue weighted by atomic mass is 10.1. The minimum absolute atomic E-state index is 0.0548. The molecule has 1 atom stereocenters. The van der Waals surface area contributed by atoms with Crippen LogP contribution in [0.15, 0.2) is 84.0 Å². The molecule has 0 saturated carbocycles. The van der Waals surface area contributed by atoms with E-state index in [4.69, 9.17) is 4.74 Å². The molecule has 1 aliphatic heterocycles. The Hall–Kier alpha value is -4.86. The van der Waals surface area contributed by atoms with Gasteiger partial charge in [-0.3, -0.25) is 19.0 Å². The van der Waals surface area contributed by atoms with E-state index in [1.54, 1.807) is 18.2 Å². The number of nitrogens with one attached hydrogen (secondary N) is 2. The summed E-state index contributed by atoms with van der Waals surface area (Å²) in [6.07, 6.45) is 2.65. The van der Waals surface area contributed by atoms with Crippen LogP contribution in [0.25, 0.3) is 0 Å². The van der Waals surface area contributed by atoms with Crippen LogP contribution in [0.5, 0.6) is 5.75 Å². The SMILES string of the molecule is O=C1Cc2cc(OC[C@H](NC(=O)c3cncn(Cc4ccc(F)c(F)c4)c3=O)c3ccccc3)ccc2N1. The number of carbonyl (C=O) groups excluding carboxylic acids is 2. The fourth-order valence-electron chi connectivity index (χ4n) is 4.17.